The molecule has 28 heavy (non-hydrogen) atoms. The van der Waals surface area contributed by atoms with Gasteiger partial charge in [-0.3, -0.25) is 0 Å². The maximum Gasteiger partial charge on any atom is 0.0519 e. The zero-order valence-electron chi connectivity index (χ0n) is 19.2. The fourth-order valence-electron chi connectivity index (χ4n) is 8.79. The lowest BCUT2D eigenvalue weighted by Gasteiger charge is -2.59. The summed E-state index contributed by atoms with van der Waals surface area (Å²) in [6.45, 7) is 12.7. The third-order valence-corrected chi connectivity index (χ3v) is 10.7. The molecule has 0 N–H and O–H groups in total. The van der Waals surface area contributed by atoms with Gasteiger partial charge in [0.25, 0.3) is 0 Å². The van der Waals surface area contributed by atoms with Crippen molar-refractivity contribution in [2.75, 3.05) is 0 Å². The molecule has 4 rings (SSSR count). The van der Waals surface area contributed by atoms with Crippen molar-refractivity contribution >= 4 is 11.6 Å². The molecule has 0 radical (unpaired) electrons. The van der Waals surface area contributed by atoms with Gasteiger partial charge in [0, 0.05) is 0 Å². The van der Waals surface area contributed by atoms with Crippen LogP contribution in [0.1, 0.15) is 98.8 Å². The molecule has 160 valence electrons. The SMILES string of the molecule is CC(C)CCC[C@@H](C)[C@H]1CC[C@H]2[C@@H]3CC[C@H]4C[C@H](Cl)C=C[C@]4(C)[C@H]3CC[C@]12C. The Hall–Kier alpha value is 0.0300. The van der Waals surface area contributed by atoms with Crippen molar-refractivity contribution in [3.63, 3.8) is 0 Å². The lowest BCUT2D eigenvalue weighted by Crippen LogP contribution is -2.52. The summed E-state index contributed by atoms with van der Waals surface area (Å²) in [4.78, 5) is 0. The van der Waals surface area contributed by atoms with E-state index >= 15 is 0 Å². The quantitative estimate of drug-likeness (QED) is 0.318. The smallest absolute Gasteiger partial charge is 0.0519 e. The number of hydrogen-bond donors (Lipinski definition) is 0. The van der Waals surface area contributed by atoms with Crippen LogP contribution >= 0.6 is 11.6 Å². The molecule has 0 bridgehead atoms. The first-order valence-electron chi connectivity index (χ1n) is 12.6. The summed E-state index contributed by atoms with van der Waals surface area (Å²) in [5.41, 5.74) is 1.05. The first-order chi connectivity index (χ1) is 13.3. The number of alkyl halides is 1. The van der Waals surface area contributed by atoms with Crippen LogP contribution in [0, 0.1) is 52.3 Å². The van der Waals surface area contributed by atoms with Crippen molar-refractivity contribution in [3.8, 4) is 0 Å². The van der Waals surface area contributed by atoms with Crippen LogP contribution in [-0.2, 0) is 0 Å². The maximum absolute atomic E-state index is 6.51. The summed E-state index contributed by atoms with van der Waals surface area (Å²) in [7, 11) is 0. The standard InChI is InChI=1S/C27H45Cl/c1-18(2)7-6-8-19(3)23-11-12-24-22-10-9-20-17-21(28)13-15-26(20,4)25(22)14-16-27(23,24)5/h13,15,18-25H,6-12,14,16-17H2,1-5H3/t19-,20+,21-,22+,23-,24+,25+,26+,27-/m1/s1. The Morgan fingerprint density at radius 1 is 0.964 bits per heavy atom. The van der Waals surface area contributed by atoms with E-state index in [1.54, 1.807) is 0 Å². The van der Waals surface area contributed by atoms with E-state index in [4.69, 9.17) is 11.6 Å². The van der Waals surface area contributed by atoms with Crippen LogP contribution in [-0.4, -0.2) is 5.38 Å². The molecule has 0 nitrogen and oxygen atoms in total. The van der Waals surface area contributed by atoms with Crippen molar-refractivity contribution in [1.82, 2.24) is 0 Å². The lowest BCUT2D eigenvalue weighted by molar-refractivity contribution is -0.0843. The average Bonchev–Trinajstić information content (AvgIpc) is 2.99. The van der Waals surface area contributed by atoms with Crippen LogP contribution in [0.15, 0.2) is 12.2 Å². The van der Waals surface area contributed by atoms with E-state index in [0.29, 0.717) is 10.8 Å². The van der Waals surface area contributed by atoms with E-state index in [0.717, 1.165) is 41.4 Å². The second-order valence-electron chi connectivity index (χ2n) is 12.2. The minimum Gasteiger partial charge on any atom is -0.118 e. The van der Waals surface area contributed by atoms with E-state index in [-0.39, 0.29) is 5.38 Å². The van der Waals surface area contributed by atoms with Crippen LogP contribution in [0.5, 0.6) is 0 Å². The van der Waals surface area contributed by atoms with E-state index in [1.165, 1.54) is 64.2 Å². The molecule has 0 unspecified atom stereocenters. The Balaban J connectivity index is 1.48. The molecule has 0 saturated heterocycles. The normalized spacial score (nSPS) is 48.8. The summed E-state index contributed by atoms with van der Waals surface area (Å²) < 4.78 is 0. The molecule has 0 heterocycles. The third-order valence-electron chi connectivity index (χ3n) is 10.3. The molecule has 0 aromatic carbocycles. The van der Waals surface area contributed by atoms with Crippen molar-refractivity contribution < 1.29 is 0 Å². The van der Waals surface area contributed by atoms with Gasteiger partial charge in [-0.25, -0.2) is 0 Å². The van der Waals surface area contributed by atoms with Gasteiger partial charge >= 0.3 is 0 Å². The van der Waals surface area contributed by atoms with Crippen LogP contribution < -0.4 is 0 Å². The van der Waals surface area contributed by atoms with Crippen LogP contribution in [0.3, 0.4) is 0 Å². The lowest BCUT2D eigenvalue weighted by atomic mass is 9.45. The fraction of sp³-hybridized carbons (Fsp3) is 0.926. The molecule has 9 atom stereocenters. The van der Waals surface area contributed by atoms with Gasteiger partial charge in [0.05, 0.1) is 5.38 Å². The highest BCUT2D eigenvalue weighted by molar-refractivity contribution is 6.21. The molecule has 0 aliphatic heterocycles. The van der Waals surface area contributed by atoms with Crippen LogP contribution in [0.4, 0.5) is 0 Å². The topological polar surface area (TPSA) is 0 Å². The van der Waals surface area contributed by atoms with E-state index in [1.807, 2.05) is 0 Å². The molecule has 3 fully saturated rings. The highest BCUT2D eigenvalue weighted by Gasteiger charge is 2.59. The number of allylic oxidation sites excluding steroid dienone is 2. The van der Waals surface area contributed by atoms with Crippen molar-refractivity contribution in [1.29, 1.82) is 0 Å². The highest BCUT2D eigenvalue weighted by atomic mass is 35.5. The van der Waals surface area contributed by atoms with Gasteiger partial charge in [-0.2, -0.15) is 0 Å². The van der Waals surface area contributed by atoms with Crippen molar-refractivity contribution in [2.24, 2.45) is 52.3 Å². The van der Waals surface area contributed by atoms with Crippen molar-refractivity contribution in [3.05, 3.63) is 12.2 Å². The molecule has 0 amide bonds. The molecule has 0 aromatic rings. The largest absolute Gasteiger partial charge is 0.118 e. The summed E-state index contributed by atoms with van der Waals surface area (Å²) in [6, 6.07) is 0. The summed E-state index contributed by atoms with van der Waals surface area (Å²) in [6.07, 6.45) is 19.3. The predicted octanol–water partition coefficient (Wildman–Crippen LogP) is 8.49. The zero-order chi connectivity index (χ0) is 20.1. The first-order valence-corrected chi connectivity index (χ1v) is 13.0. The van der Waals surface area contributed by atoms with E-state index < -0.39 is 0 Å². The molecule has 0 aromatic heterocycles. The second kappa shape index (κ2) is 7.94. The monoisotopic (exact) mass is 404 g/mol. The Bertz CT molecular complexity index is 579. The Morgan fingerprint density at radius 3 is 2.50 bits per heavy atom. The third kappa shape index (κ3) is 3.52. The zero-order valence-corrected chi connectivity index (χ0v) is 20.0. The average molecular weight is 405 g/mol. The summed E-state index contributed by atoms with van der Waals surface area (Å²) in [5, 5.41) is 0.283. The first kappa shape index (κ1) is 21.3. The van der Waals surface area contributed by atoms with Gasteiger partial charge in [0.1, 0.15) is 0 Å². The van der Waals surface area contributed by atoms with Crippen LogP contribution in [0.25, 0.3) is 0 Å². The Morgan fingerprint density at radius 2 is 1.75 bits per heavy atom. The molecular formula is C27H45Cl. The summed E-state index contributed by atoms with van der Waals surface area (Å²) in [5.74, 6) is 6.47. The molecular weight excluding hydrogens is 360 g/mol. The fourth-order valence-corrected chi connectivity index (χ4v) is 9.08. The van der Waals surface area contributed by atoms with Gasteiger partial charge in [0.15, 0.2) is 0 Å². The van der Waals surface area contributed by atoms with E-state index in [9.17, 15) is 0 Å². The number of hydrogen-bond acceptors (Lipinski definition) is 0. The molecule has 1 heteroatoms. The van der Waals surface area contributed by atoms with Gasteiger partial charge in [-0.15, -0.1) is 11.6 Å². The molecule has 3 saturated carbocycles. The Labute approximate surface area is 180 Å². The molecule has 4 aliphatic carbocycles. The van der Waals surface area contributed by atoms with E-state index in [2.05, 4.69) is 46.8 Å². The van der Waals surface area contributed by atoms with Gasteiger partial charge in [0.2, 0.25) is 0 Å². The number of halogens is 1. The van der Waals surface area contributed by atoms with Gasteiger partial charge in [-0.1, -0.05) is 66.0 Å². The maximum atomic E-state index is 6.51. The highest BCUT2D eigenvalue weighted by Crippen LogP contribution is 2.67. The molecule has 4 aliphatic rings. The Kier molecular flexibility index (Phi) is 6.03. The van der Waals surface area contributed by atoms with Crippen molar-refractivity contribution in [2.45, 2.75) is 104 Å². The minimum atomic E-state index is 0.283. The van der Waals surface area contributed by atoms with Crippen LogP contribution in [0.2, 0.25) is 0 Å². The summed E-state index contributed by atoms with van der Waals surface area (Å²) >= 11 is 6.51. The predicted molar refractivity (Wildman–Crippen MR) is 123 cm³/mol. The minimum absolute atomic E-state index is 0.283. The number of rotatable bonds is 5. The van der Waals surface area contributed by atoms with Gasteiger partial charge in [-0.05, 0) is 97.2 Å². The second-order valence-corrected chi connectivity index (χ2v) is 12.7. The molecule has 0 spiro atoms. The number of fused-ring (bicyclic) bond motifs is 5. The van der Waals surface area contributed by atoms with Gasteiger partial charge < -0.3 is 0 Å².